The first-order valence-electron chi connectivity index (χ1n) is 23.7. The highest BCUT2D eigenvalue weighted by Gasteiger charge is 2.39. The minimum Gasteiger partial charge on any atom is -0.256 e. The zero-order valence-corrected chi connectivity index (χ0v) is 39.2. The average molecular weight is 958 g/mol. The van der Waals surface area contributed by atoms with Gasteiger partial charge in [-0.3, -0.25) is 9.97 Å². The molecule has 0 atom stereocenters. The van der Waals surface area contributed by atoms with Gasteiger partial charge in [-0.1, -0.05) is 84.9 Å². The van der Waals surface area contributed by atoms with Gasteiger partial charge in [-0.15, -0.1) is 0 Å². The summed E-state index contributed by atoms with van der Waals surface area (Å²) in [4.78, 5) is 15.3. The van der Waals surface area contributed by atoms with Crippen molar-refractivity contribution in [1.82, 2.24) is 15.0 Å². The lowest BCUT2D eigenvalue weighted by Gasteiger charge is -2.17. The zero-order chi connectivity index (χ0) is 51.7. The molecule has 0 saturated heterocycles. The van der Waals surface area contributed by atoms with Crippen LogP contribution in [0.1, 0.15) is 44.5 Å². The van der Waals surface area contributed by atoms with Gasteiger partial charge in [0.25, 0.3) is 0 Å². The van der Waals surface area contributed by atoms with Crippen molar-refractivity contribution in [3.05, 3.63) is 207 Å². The van der Waals surface area contributed by atoms with Crippen LogP contribution in [0.4, 0.5) is 0 Å². The lowest BCUT2D eigenvalue weighted by molar-refractivity contribution is 1.33. The minimum atomic E-state index is -0.161. The van der Waals surface area contributed by atoms with E-state index in [2.05, 4.69) is 48.6 Å². The highest BCUT2D eigenvalue weighted by atomic mass is 14.8. The van der Waals surface area contributed by atoms with Gasteiger partial charge in [0, 0.05) is 78.8 Å². The van der Waals surface area contributed by atoms with Crippen LogP contribution in [0.3, 0.4) is 0 Å². The number of benzene rings is 7. The predicted molar refractivity (Wildman–Crippen MR) is 286 cm³/mol. The Bertz CT molecular complexity index is 4700. The van der Waals surface area contributed by atoms with Crippen molar-refractivity contribution >= 4 is 65.6 Å². The topological polar surface area (TPSA) is 229 Å². The Hall–Kier alpha value is -12.1. The standard InChI is InChI=1S/C65H23N11/c66-24-34(25-67)54-42-16-14-33-8-5-17-74-62(33)60(42)48-22-49-47(21-46(48)54)56(36(28-70)29-71)50-20-45(41-12-6-18-75-63(41)61(49)50)44-19-51-57(37(30-72)31-73)53-23-52-55(35(26-68)27-69)43-15-13-32-7-1-2-9-38(32)58(43)64(52)76-65(53)59(51)40-11-4-3-10-39(40)44/h1-23H. The number of hydrogen-bond acceptors (Lipinski definition) is 11. The number of hydrogen-bond donors (Lipinski definition) is 0. The van der Waals surface area contributed by atoms with Crippen molar-refractivity contribution < 1.29 is 0 Å². The molecule has 3 heterocycles. The smallest absolute Gasteiger partial charge is 0.138 e. The highest BCUT2D eigenvalue weighted by molar-refractivity contribution is 6.23. The van der Waals surface area contributed by atoms with E-state index in [0.29, 0.717) is 117 Å². The monoisotopic (exact) mass is 957 g/mol. The number of rotatable bonds is 1. The summed E-state index contributed by atoms with van der Waals surface area (Å²) in [7, 11) is 0. The molecule has 0 saturated carbocycles. The molecule has 11 heteroatoms. The van der Waals surface area contributed by atoms with Crippen LogP contribution < -0.4 is 0 Å². The van der Waals surface area contributed by atoms with Crippen molar-refractivity contribution in [2.75, 3.05) is 0 Å². The second-order valence-electron chi connectivity index (χ2n) is 18.5. The van der Waals surface area contributed by atoms with E-state index in [9.17, 15) is 42.1 Å². The molecule has 0 unspecified atom stereocenters. The van der Waals surface area contributed by atoms with Crippen LogP contribution in [-0.2, 0) is 0 Å². The first-order chi connectivity index (χ1) is 37.4. The molecule has 11 nitrogen and oxygen atoms in total. The molecule has 76 heavy (non-hydrogen) atoms. The van der Waals surface area contributed by atoms with Crippen molar-refractivity contribution in [2.24, 2.45) is 0 Å². The molecule has 10 aromatic rings. The summed E-state index contributed by atoms with van der Waals surface area (Å²) >= 11 is 0. The Morgan fingerprint density at radius 2 is 0.684 bits per heavy atom. The van der Waals surface area contributed by atoms with E-state index in [-0.39, 0.29) is 22.3 Å². The molecule has 7 aromatic carbocycles. The molecule has 0 bridgehead atoms. The summed E-state index contributed by atoms with van der Waals surface area (Å²) in [5, 5.41) is 89.5. The van der Waals surface area contributed by atoms with E-state index < -0.39 is 0 Å². The molecular formula is C65H23N11. The van der Waals surface area contributed by atoms with Gasteiger partial charge in [-0.25, -0.2) is 4.98 Å². The van der Waals surface area contributed by atoms with Crippen LogP contribution in [0.15, 0.2) is 162 Å². The molecule has 0 amide bonds. The highest BCUT2D eigenvalue weighted by Crippen LogP contribution is 2.59. The maximum Gasteiger partial charge on any atom is 0.138 e. The molecule has 4 aliphatic rings. The number of fused-ring (bicyclic) bond motifs is 20. The quantitative estimate of drug-likeness (QED) is 0.140. The molecule has 0 N–H and O–H groups in total. The van der Waals surface area contributed by atoms with Crippen LogP contribution in [-0.4, -0.2) is 15.0 Å². The second kappa shape index (κ2) is 15.7. The summed E-state index contributed by atoms with van der Waals surface area (Å²) in [6, 6.07) is 57.7. The van der Waals surface area contributed by atoms with Gasteiger partial charge in [0.15, 0.2) is 0 Å². The first-order valence-corrected chi connectivity index (χ1v) is 23.7. The Kier molecular flexibility index (Phi) is 8.84. The number of aromatic nitrogens is 3. The van der Waals surface area contributed by atoms with E-state index in [4.69, 9.17) is 15.0 Å². The summed E-state index contributed by atoms with van der Waals surface area (Å²) in [5.41, 5.74) is 13.8. The number of allylic oxidation sites excluding steroid dienone is 4. The summed E-state index contributed by atoms with van der Waals surface area (Å²) in [5.74, 6) is 0. The Morgan fingerprint density at radius 1 is 0.289 bits per heavy atom. The zero-order valence-electron chi connectivity index (χ0n) is 39.2. The number of nitriles is 8. The summed E-state index contributed by atoms with van der Waals surface area (Å²) in [6.45, 7) is 0. The molecule has 0 fully saturated rings. The average Bonchev–Trinajstić information content (AvgIpc) is 4.23. The van der Waals surface area contributed by atoms with E-state index in [1.54, 1.807) is 12.4 Å². The van der Waals surface area contributed by atoms with Crippen LogP contribution in [0.25, 0.3) is 122 Å². The van der Waals surface area contributed by atoms with Gasteiger partial charge in [0.05, 0.1) is 22.4 Å². The first kappa shape index (κ1) is 42.8. The van der Waals surface area contributed by atoms with Gasteiger partial charge < -0.3 is 0 Å². The van der Waals surface area contributed by atoms with Crippen LogP contribution in [0.5, 0.6) is 0 Å². The van der Waals surface area contributed by atoms with E-state index in [0.717, 1.165) is 49.0 Å². The van der Waals surface area contributed by atoms with Crippen LogP contribution in [0, 0.1) is 90.6 Å². The Morgan fingerprint density at radius 3 is 1.32 bits per heavy atom. The second-order valence-corrected chi connectivity index (χ2v) is 18.5. The number of pyridine rings is 3. The number of nitrogens with zero attached hydrogens (tertiary/aromatic N) is 11. The van der Waals surface area contributed by atoms with Gasteiger partial charge in [0.2, 0.25) is 0 Å². The van der Waals surface area contributed by atoms with Gasteiger partial charge >= 0.3 is 0 Å². The van der Waals surface area contributed by atoms with Crippen molar-refractivity contribution in [1.29, 1.82) is 42.1 Å². The fourth-order valence-electron chi connectivity index (χ4n) is 12.3. The third-order valence-electron chi connectivity index (χ3n) is 15.2. The maximum atomic E-state index is 10.8. The molecule has 0 spiro atoms. The predicted octanol–water partition coefficient (Wildman–Crippen LogP) is 13.5. The lowest BCUT2D eigenvalue weighted by Crippen LogP contribution is -1.95. The van der Waals surface area contributed by atoms with E-state index in [1.807, 2.05) is 127 Å². The molecule has 0 aliphatic heterocycles. The van der Waals surface area contributed by atoms with Crippen molar-refractivity contribution in [3.63, 3.8) is 0 Å². The molecule has 0 radical (unpaired) electrons. The normalized spacial score (nSPS) is 12.3. The van der Waals surface area contributed by atoms with Gasteiger partial charge in [-0.2, -0.15) is 42.1 Å². The third kappa shape index (κ3) is 5.42. The van der Waals surface area contributed by atoms with E-state index in [1.165, 1.54) is 0 Å². The molecule has 3 aromatic heterocycles. The van der Waals surface area contributed by atoms with Crippen molar-refractivity contribution in [2.45, 2.75) is 0 Å². The fraction of sp³-hybridized carbons (Fsp3) is 0. The maximum absolute atomic E-state index is 10.8. The summed E-state index contributed by atoms with van der Waals surface area (Å²) in [6.07, 6.45) is 3.40. The largest absolute Gasteiger partial charge is 0.256 e. The van der Waals surface area contributed by atoms with Gasteiger partial charge in [0.1, 0.15) is 70.8 Å². The minimum absolute atomic E-state index is 0.0920. The van der Waals surface area contributed by atoms with Crippen LogP contribution in [0.2, 0.25) is 0 Å². The Labute approximate surface area is 431 Å². The van der Waals surface area contributed by atoms with Crippen LogP contribution >= 0.6 is 0 Å². The van der Waals surface area contributed by atoms with Gasteiger partial charge in [-0.05, 0) is 120 Å². The summed E-state index contributed by atoms with van der Waals surface area (Å²) < 4.78 is 0. The molecular weight excluding hydrogens is 935 g/mol. The molecule has 14 rings (SSSR count). The fourth-order valence-corrected chi connectivity index (χ4v) is 12.3. The molecule has 4 aliphatic carbocycles. The third-order valence-corrected chi connectivity index (χ3v) is 15.2. The molecule has 338 valence electrons. The van der Waals surface area contributed by atoms with E-state index >= 15 is 0 Å². The Balaban J connectivity index is 1.07. The lowest BCUT2D eigenvalue weighted by atomic mass is 9.86. The SMILES string of the molecule is N#CC(C#N)=C1c2cc3c(nc2-c2c1ccc1ccccc21)-c1c(cc(-c2cc4c(c5ncccc25)-c2cc5c(cc2C4=C(C#N)C#N)C(=C(C#N)C#N)c2ccc4cccnc4c2-5)c2ccccc12)C3=C(C#N)C#N. The van der Waals surface area contributed by atoms with Crippen molar-refractivity contribution in [3.8, 4) is 104 Å².